The Kier molecular flexibility index (Phi) is 6.72. The van der Waals surface area contributed by atoms with E-state index in [-0.39, 0.29) is 23.4 Å². The topological polar surface area (TPSA) is 84.0 Å². The van der Waals surface area contributed by atoms with Crippen LogP contribution in [-0.2, 0) is 11.3 Å². The molecular weight excluding hydrogens is 399 g/mol. The number of benzene rings is 2. The molecule has 0 unspecified atom stereocenters. The van der Waals surface area contributed by atoms with Crippen LogP contribution in [-0.4, -0.2) is 27.8 Å². The number of thioether (sulfide) groups is 1. The molecule has 2 amide bonds. The molecule has 2 N–H and O–H groups in total. The van der Waals surface area contributed by atoms with Crippen LogP contribution in [0.4, 0.5) is 9.52 Å². The first-order valence-corrected chi connectivity index (χ1v) is 10.2. The molecule has 9 heteroatoms. The van der Waals surface area contributed by atoms with Crippen molar-refractivity contribution in [2.45, 2.75) is 17.8 Å². The predicted octanol–water partition coefficient (Wildman–Crippen LogP) is 3.65. The van der Waals surface area contributed by atoms with Crippen molar-refractivity contribution in [3.8, 4) is 0 Å². The highest BCUT2D eigenvalue weighted by Gasteiger charge is 2.13. The van der Waals surface area contributed by atoms with Crippen molar-refractivity contribution in [2.75, 3.05) is 11.1 Å². The SMILES string of the molecule is Cc1ccccc1C(=O)Nc1nnc(SCC(=O)NCc2ccc(F)cc2)s1. The van der Waals surface area contributed by atoms with Gasteiger partial charge in [0.25, 0.3) is 5.91 Å². The number of amides is 2. The fraction of sp³-hybridized carbons (Fsp3) is 0.158. The number of hydrogen-bond donors (Lipinski definition) is 2. The van der Waals surface area contributed by atoms with Crippen LogP contribution < -0.4 is 10.6 Å². The summed E-state index contributed by atoms with van der Waals surface area (Å²) >= 11 is 2.44. The fourth-order valence-electron chi connectivity index (χ4n) is 2.29. The molecule has 1 aromatic heterocycles. The molecule has 3 aromatic rings. The van der Waals surface area contributed by atoms with Gasteiger partial charge in [0.05, 0.1) is 5.75 Å². The number of aromatic nitrogens is 2. The zero-order chi connectivity index (χ0) is 19.9. The molecule has 0 atom stereocenters. The van der Waals surface area contributed by atoms with Crippen molar-refractivity contribution in [3.05, 3.63) is 71.0 Å². The van der Waals surface area contributed by atoms with Crippen LogP contribution in [0.5, 0.6) is 0 Å². The van der Waals surface area contributed by atoms with E-state index in [2.05, 4.69) is 20.8 Å². The van der Waals surface area contributed by atoms with Crippen molar-refractivity contribution in [3.63, 3.8) is 0 Å². The first-order valence-electron chi connectivity index (χ1n) is 8.35. The minimum Gasteiger partial charge on any atom is -0.351 e. The number of nitrogens with zero attached hydrogens (tertiary/aromatic N) is 2. The Morgan fingerprint density at radius 2 is 1.86 bits per heavy atom. The highest BCUT2D eigenvalue weighted by atomic mass is 32.2. The maximum Gasteiger partial charge on any atom is 0.257 e. The number of anilines is 1. The number of hydrogen-bond acceptors (Lipinski definition) is 6. The molecule has 6 nitrogen and oxygen atoms in total. The van der Waals surface area contributed by atoms with Crippen LogP contribution >= 0.6 is 23.1 Å². The second kappa shape index (κ2) is 9.43. The number of rotatable bonds is 7. The van der Waals surface area contributed by atoms with Gasteiger partial charge >= 0.3 is 0 Å². The zero-order valence-electron chi connectivity index (χ0n) is 14.9. The van der Waals surface area contributed by atoms with Gasteiger partial charge in [0.2, 0.25) is 11.0 Å². The van der Waals surface area contributed by atoms with Crippen LogP contribution in [0.15, 0.2) is 52.9 Å². The van der Waals surface area contributed by atoms with Crippen LogP contribution in [0, 0.1) is 12.7 Å². The smallest absolute Gasteiger partial charge is 0.257 e. The van der Waals surface area contributed by atoms with Gasteiger partial charge in [-0.3, -0.25) is 14.9 Å². The Bertz CT molecular complexity index is 976. The van der Waals surface area contributed by atoms with Gasteiger partial charge in [-0.25, -0.2) is 4.39 Å². The van der Waals surface area contributed by atoms with Gasteiger partial charge in [0.1, 0.15) is 5.82 Å². The lowest BCUT2D eigenvalue weighted by atomic mass is 10.1. The van der Waals surface area contributed by atoms with E-state index in [1.807, 2.05) is 19.1 Å². The van der Waals surface area contributed by atoms with E-state index in [0.29, 0.717) is 21.6 Å². The van der Waals surface area contributed by atoms with E-state index >= 15 is 0 Å². The van der Waals surface area contributed by atoms with E-state index in [9.17, 15) is 14.0 Å². The largest absolute Gasteiger partial charge is 0.351 e. The molecule has 144 valence electrons. The molecule has 0 aliphatic rings. The summed E-state index contributed by atoms with van der Waals surface area (Å²) in [5, 5.41) is 13.8. The summed E-state index contributed by atoms with van der Waals surface area (Å²) in [6.45, 7) is 2.19. The van der Waals surface area contributed by atoms with Gasteiger partial charge in [0.15, 0.2) is 4.34 Å². The third-order valence-corrected chi connectivity index (χ3v) is 5.72. The Hall–Kier alpha value is -2.78. The number of halogens is 1. The average molecular weight is 417 g/mol. The van der Waals surface area contributed by atoms with Gasteiger partial charge in [-0.2, -0.15) is 0 Å². The minimum absolute atomic E-state index is 0.168. The lowest BCUT2D eigenvalue weighted by molar-refractivity contribution is -0.118. The van der Waals surface area contributed by atoms with E-state index < -0.39 is 0 Å². The number of nitrogens with one attached hydrogen (secondary N) is 2. The normalized spacial score (nSPS) is 10.5. The Morgan fingerprint density at radius 3 is 2.61 bits per heavy atom. The number of carbonyl (C=O) groups excluding carboxylic acids is 2. The average Bonchev–Trinajstić information content (AvgIpc) is 3.13. The second-order valence-corrected chi connectivity index (χ2v) is 8.03. The summed E-state index contributed by atoms with van der Waals surface area (Å²) in [5.41, 5.74) is 2.26. The molecule has 0 fully saturated rings. The van der Waals surface area contributed by atoms with Gasteiger partial charge < -0.3 is 5.32 Å². The maximum atomic E-state index is 12.9. The lowest BCUT2D eigenvalue weighted by Crippen LogP contribution is -2.24. The second-order valence-electron chi connectivity index (χ2n) is 5.83. The van der Waals surface area contributed by atoms with E-state index in [4.69, 9.17) is 0 Å². The molecule has 0 radical (unpaired) electrons. The quantitative estimate of drug-likeness (QED) is 0.454. The molecule has 28 heavy (non-hydrogen) atoms. The number of aryl methyl sites for hydroxylation is 1. The number of carbonyl (C=O) groups is 2. The molecule has 0 aliphatic carbocycles. The van der Waals surface area contributed by atoms with Crippen LogP contribution in [0.1, 0.15) is 21.5 Å². The summed E-state index contributed by atoms with van der Waals surface area (Å²) in [6, 6.07) is 13.2. The van der Waals surface area contributed by atoms with Gasteiger partial charge in [-0.1, -0.05) is 53.4 Å². The molecule has 1 heterocycles. The highest BCUT2D eigenvalue weighted by molar-refractivity contribution is 8.01. The zero-order valence-corrected chi connectivity index (χ0v) is 16.6. The minimum atomic E-state index is -0.313. The molecule has 0 aliphatic heterocycles. The first kappa shape index (κ1) is 20.0. The molecule has 2 aromatic carbocycles. The van der Waals surface area contributed by atoms with Crippen molar-refractivity contribution in [1.29, 1.82) is 0 Å². The molecule has 0 saturated carbocycles. The van der Waals surface area contributed by atoms with Crippen molar-refractivity contribution in [1.82, 2.24) is 15.5 Å². The van der Waals surface area contributed by atoms with E-state index in [1.165, 1.54) is 35.2 Å². The monoisotopic (exact) mass is 416 g/mol. The van der Waals surface area contributed by atoms with Crippen LogP contribution in [0.25, 0.3) is 0 Å². The summed E-state index contributed by atoms with van der Waals surface area (Å²) in [7, 11) is 0. The Labute approximate surface area is 169 Å². The fourth-order valence-corrected chi connectivity index (χ4v) is 3.87. The first-order chi connectivity index (χ1) is 13.5. The van der Waals surface area contributed by atoms with Crippen LogP contribution in [0.2, 0.25) is 0 Å². The standard InChI is InChI=1S/C19H17FN4O2S2/c1-12-4-2-3-5-15(12)17(26)22-18-23-24-19(28-18)27-11-16(25)21-10-13-6-8-14(20)9-7-13/h2-9H,10-11H2,1H3,(H,21,25)(H,22,23,26). The molecular formula is C19H17FN4O2S2. The Morgan fingerprint density at radius 1 is 1.11 bits per heavy atom. The van der Waals surface area contributed by atoms with Crippen molar-refractivity contribution >= 4 is 40.0 Å². The molecule has 0 saturated heterocycles. The van der Waals surface area contributed by atoms with Gasteiger partial charge in [-0.15, -0.1) is 10.2 Å². The summed E-state index contributed by atoms with van der Waals surface area (Å²) < 4.78 is 13.4. The van der Waals surface area contributed by atoms with Crippen LogP contribution in [0.3, 0.4) is 0 Å². The van der Waals surface area contributed by atoms with Gasteiger partial charge in [0, 0.05) is 12.1 Å². The molecule has 0 spiro atoms. The predicted molar refractivity (Wildman–Crippen MR) is 108 cm³/mol. The van der Waals surface area contributed by atoms with E-state index in [1.54, 1.807) is 24.3 Å². The highest BCUT2D eigenvalue weighted by Crippen LogP contribution is 2.25. The van der Waals surface area contributed by atoms with Gasteiger partial charge in [-0.05, 0) is 36.2 Å². The molecule has 0 bridgehead atoms. The molecule has 3 rings (SSSR count). The van der Waals surface area contributed by atoms with Crippen molar-refractivity contribution < 1.29 is 14.0 Å². The summed E-state index contributed by atoms with van der Waals surface area (Å²) in [6.07, 6.45) is 0. The summed E-state index contributed by atoms with van der Waals surface area (Å²) in [4.78, 5) is 24.2. The summed E-state index contributed by atoms with van der Waals surface area (Å²) in [5.74, 6) is -0.563. The maximum absolute atomic E-state index is 12.9. The third kappa shape index (κ3) is 5.61. The third-order valence-electron chi connectivity index (χ3n) is 3.75. The van der Waals surface area contributed by atoms with Crippen molar-refractivity contribution in [2.24, 2.45) is 0 Å². The lowest BCUT2D eigenvalue weighted by Gasteiger charge is -2.04. The Balaban J connectivity index is 1.46. The van der Waals surface area contributed by atoms with E-state index in [0.717, 1.165) is 11.1 Å².